The number of rotatable bonds is 3. The predicted molar refractivity (Wildman–Crippen MR) is 85.5 cm³/mol. The van der Waals surface area contributed by atoms with Gasteiger partial charge in [0, 0.05) is 30.1 Å². The minimum absolute atomic E-state index is 0.499. The van der Waals surface area contributed by atoms with E-state index < -0.39 is 0 Å². The van der Waals surface area contributed by atoms with Crippen LogP contribution in [0.4, 0.5) is 5.82 Å². The molecule has 2 aromatic rings. The minimum atomic E-state index is 0.499. The molecule has 1 saturated carbocycles. The summed E-state index contributed by atoms with van der Waals surface area (Å²) in [5.41, 5.74) is 2.27. The highest BCUT2D eigenvalue weighted by Gasteiger charge is 2.38. The van der Waals surface area contributed by atoms with E-state index in [9.17, 15) is 0 Å². The quantitative estimate of drug-likeness (QED) is 0.939. The van der Waals surface area contributed by atoms with Crippen molar-refractivity contribution in [2.24, 2.45) is 0 Å². The highest BCUT2D eigenvalue weighted by atomic mass is 15.3. The fourth-order valence-electron chi connectivity index (χ4n) is 3.55. The first kappa shape index (κ1) is 13.0. The summed E-state index contributed by atoms with van der Waals surface area (Å²) >= 11 is 0. The van der Waals surface area contributed by atoms with Gasteiger partial charge in [0.2, 0.25) is 0 Å². The van der Waals surface area contributed by atoms with Crippen LogP contribution < -0.4 is 5.32 Å². The molecule has 2 unspecified atom stereocenters. The molecular formula is C17H22N4. The average Bonchev–Trinajstić information content (AvgIpc) is 3.24. The van der Waals surface area contributed by atoms with Gasteiger partial charge in [-0.05, 0) is 45.2 Å². The van der Waals surface area contributed by atoms with Crippen LogP contribution in [0.3, 0.4) is 0 Å². The lowest BCUT2D eigenvalue weighted by Gasteiger charge is -2.20. The molecule has 1 aliphatic heterocycles. The highest BCUT2D eigenvalue weighted by Crippen LogP contribution is 2.34. The Morgan fingerprint density at radius 1 is 1.24 bits per heavy atom. The molecule has 1 aliphatic carbocycles. The molecule has 2 atom stereocenters. The van der Waals surface area contributed by atoms with E-state index in [1.54, 1.807) is 6.33 Å². The van der Waals surface area contributed by atoms with Crippen molar-refractivity contribution in [2.45, 2.75) is 51.2 Å². The third-order valence-corrected chi connectivity index (χ3v) is 4.77. The first-order valence-electron chi connectivity index (χ1n) is 7.94. The Hall–Kier alpha value is -1.68. The average molecular weight is 282 g/mol. The number of anilines is 1. The topological polar surface area (TPSA) is 41.1 Å². The number of benzene rings is 1. The van der Waals surface area contributed by atoms with E-state index in [1.165, 1.54) is 24.8 Å². The van der Waals surface area contributed by atoms with E-state index in [0.717, 1.165) is 29.3 Å². The summed E-state index contributed by atoms with van der Waals surface area (Å²) in [6.07, 6.45) is 5.63. The van der Waals surface area contributed by atoms with Gasteiger partial charge in [-0.3, -0.25) is 4.90 Å². The first-order valence-corrected chi connectivity index (χ1v) is 7.94. The van der Waals surface area contributed by atoms with Gasteiger partial charge < -0.3 is 5.32 Å². The van der Waals surface area contributed by atoms with Gasteiger partial charge in [0.05, 0.1) is 5.52 Å². The zero-order chi connectivity index (χ0) is 14.4. The van der Waals surface area contributed by atoms with Crippen molar-refractivity contribution in [1.29, 1.82) is 0 Å². The molecule has 2 fully saturated rings. The SMILES string of the molecule is Cc1ccc2ncnc(NC3CC(C)N(C4CC4)C3)c2c1. The number of fused-ring (bicyclic) bond motifs is 1. The normalized spacial score (nSPS) is 26.4. The maximum absolute atomic E-state index is 4.48. The summed E-state index contributed by atoms with van der Waals surface area (Å²) in [6, 6.07) is 8.38. The Morgan fingerprint density at radius 3 is 2.90 bits per heavy atom. The monoisotopic (exact) mass is 282 g/mol. The van der Waals surface area contributed by atoms with E-state index in [-0.39, 0.29) is 0 Å². The molecular weight excluding hydrogens is 260 g/mol. The third-order valence-electron chi connectivity index (χ3n) is 4.77. The third kappa shape index (κ3) is 2.48. The van der Waals surface area contributed by atoms with Crippen molar-refractivity contribution < 1.29 is 0 Å². The van der Waals surface area contributed by atoms with E-state index in [2.05, 4.69) is 52.2 Å². The molecule has 0 bridgehead atoms. The summed E-state index contributed by atoms with van der Waals surface area (Å²) in [5.74, 6) is 0.985. The van der Waals surface area contributed by atoms with Crippen LogP contribution in [0, 0.1) is 6.92 Å². The second-order valence-corrected chi connectivity index (χ2v) is 6.60. The van der Waals surface area contributed by atoms with Crippen LogP contribution in [0.5, 0.6) is 0 Å². The molecule has 0 radical (unpaired) electrons. The minimum Gasteiger partial charge on any atom is -0.365 e. The summed E-state index contributed by atoms with van der Waals surface area (Å²) in [5, 5.41) is 4.80. The van der Waals surface area contributed by atoms with Crippen molar-refractivity contribution in [1.82, 2.24) is 14.9 Å². The maximum Gasteiger partial charge on any atom is 0.137 e. The molecule has 0 amide bonds. The van der Waals surface area contributed by atoms with Gasteiger partial charge in [-0.1, -0.05) is 11.6 Å². The standard InChI is InChI=1S/C17H22N4/c1-11-3-6-16-15(7-11)17(19-10-18-16)20-13-8-12(2)21(9-13)14-4-5-14/h3,6-7,10,12-14H,4-5,8-9H2,1-2H3,(H,18,19,20). The molecule has 1 aromatic heterocycles. The lowest BCUT2D eigenvalue weighted by Crippen LogP contribution is -2.31. The largest absolute Gasteiger partial charge is 0.365 e. The molecule has 1 aromatic carbocycles. The van der Waals surface area contributed by atoms with Crippen LogP contribution in [0.25, 0.3) is 10.9 Å². The number of nitrogens with one attached hydrogen (secondary N) is 1. The molecule has 110 valence electrons. The number of aromatic nitrogens is 2. The highest BCUT2D eigenvalue weighted by molar-refractivity contribution is 5.89. The van der Waals surface area contributed by atoms with Crippen molar-refractivity contribution in [3.63, 3.8) is 0 Å². The van der Waals surface area contributed by atoms with Crippen LogP contribution in [-0.4, -0.2) is 39.5 Å². The second-order valence-electron chi connectivity index (χ2n) is 6.60. The Kier molecular flexibility index (Phi) is 3.07. The van der Waals surface area contributed by atoms with E-state index >= 15 is 0 Å². The molecule has 4 nitrogen and oxygen atoms in total. The van der Waals surface area contributed by atoms with E-state index in [4.69, 9.17) is 0 Å². The second kappa shape index (κ2) is 4.95. The Labute approximate surface area is 125 Å². The molecule has 2 heterocycles. The van der Waals surface area contributed by atoms with Crippen LogP contribution in [0.2, 0.25) is 0 Å². The van der Waals surface area contributed by atoms with E-state index in [1.807, 2.05) is 0 Å². The number of aryl methyl sites for hydroxylation is 1. The van der Waals surface area contributed by atoms with Gasteiger partial charge in [-0.25, -0.2) is 9.97 Å². The van der Waals surface area contributed by atoms with Gasteiger partial charge >= 0.3 is 0 Å². The zero-order valence-electron chi connectivity index (χ0n) is 12.7. The lowest BCUT2D eigenvalue weighted by atomic mass is 10.1. The summed E-state index contributed by atoms with van der Waals surface area (Å²) in [6.45, 7) is 5.61. The zero-order valence-corrected chi connectivity index (χ0v) is 12.7. The van der Waals surface area contributed by atoms with E-state index in [0.29, 0.717) is 12.1 Å². The number of nitrogens with zero attached hydrogens (tertiary/aromatic N) is 3. The molecule has 0 spiro atoms. The Morgan fingerprint density at radius 2 is 2.10 bits per heavy atom. The lowest BCUT2D eigenvalue weighted by molar-refractivity contribution is 0.257. The smallest absolute Gasteiger partial charge is 0.137 e. The van der Waals surface area contributed by atoms with Crippen LogP contribution >= 0.6 is 0 Å². The fraction of sp³-hybridized carbons (Fsp3) is 0.529. The number of likely N-dealkylation sites (tertiary alicyclic amines) is 1. The van der Waals surface area contributed by atoms with Crippen molar-refractivity contribution in [3.8, 4) is 0 Å². The van der Waals surface area contributed by atoms with Crippen molar-refractivity contribution in [3.05, 3.63) is 30.1 Å². The number of hydrogen-bond donors (Lipinski definition) is 1. The van der Waals surface area contributed by atoms with Gasteiger partial charge in [-0.15, -0.1) is 0 Å². The van der Waals surface area contributed by atoms with Crippen LogP contribution in [-0.2, 0) is 0 Å². The van der Waals surface area contributed by atoms with Gasteiger partial charge in [-0.2, -0.15) is 0 Å². The summed E-state index contributed by atoms with van der Waals surface area (Å²) in [7, 11) is 0. The van der Waals surface area contributed by atoms with Gasteiger partial charge in [0.25, 0.3) is 0 Å². The molecule has 4 heteroatoms. The molecule has 1 N–H and O–H groups in total. The molecule has 4 rings (SSSR count). The summed E-state index contributed by atoms with van der Waals surface area (Å²) < 4.78 is 0. The first-order chi connectivity index (χ1) is 10.2. The van der Waals surface area contributed by atoms with Gasteiger partial charge in [0.15, 0.2) is 0 Å². The molecule has 21 heavy (non-hydrogen) atoms. The number of hydrogen-bond acceptors (Lipinski definition) is 4. The Balaban J connectivity index is 1.58. The maximum atomic E-state index is 4.48. The molecule has 1 saturated heterocycles. The van der Waals surface area contributed by atoms with Gasteiger partial charge in [0.1, 0.15) is 12.1 Å². The predicted octanol–water partition coefficient (Wildman–Crippen LogP) is 2.98. The fourth-order valence-corrected chi connectivity index (χ4v) is 3.55. The van der Waals surface area contributed by atoms with Crippen LogP contribution in [0.1, 0.15) is 31.7 Å². The molecule has 2 aliphatic rings. The Bertz CT molecular complexity index is 665. The van der Waals surface area contributed by atoms with Crippen molar-refractivity contribution >= 4 is 16.7 Å². The van der Waals surface area contributed by atoms with Crippen molar-refractivity contribution in [2.75, 3.05) is 11.9 Å². The summed E-state index contributed by atoms with van der Waals surface area (Å²) in [4.78, 5) is 11.5. The van der Waals surface area contributed by atoms with Crippen LogP contribution in [0.15, 0.2) is 24.5 Å².